The fourth-order valence-electron chi connectivity index (χ4n) is 2.67. The van der Waals surface area contributed by atoms with Gasteiger partial charge in [-0.25, -0.2) is 9.89 Å². The van der Waals surface area contributed by atoms with E-state index >= 15 is 0 Å². The number of amides is 2. The van der Waals surface area contributed by atoms with E-state index in [0.29, 0.717) is 16.5 Å². The number of anilines is 2. The molecular formula is C21H24ClN4O+. The van der Waals surface area contributed by atoms with Crippen molar-refractivity contribution < 1.29 is 9.48 Å². The Balaban J connectivity index is 1.90. The van der Waals surface area contributed by atoms with Gasteiger partial charge in [0.2, 0.25) is 0 Å². The Morgan fingerprint density at radius 3 is 2.37 bits per heavy atom. The van der Waals surface area contributed by atoms with E-state index in [1.807, 2.05) is 35.9 Å². The number of urea groups is 1. The third-order valence-electron chi connectivity index (χ3n) is 4.17. The molecule has 140 valence electrons. The van der Waals surface area contributed by atoms with E-state index in [0.717, 1.165) is 16.9 Å². The van der Waals surface area contributed by atoms with E-state index in [1.54, 1.807) is 24.3 Å². The van der Waals surface area contributed by atoms with E-state index in [1.165, 1.54) is 0 Å². The van der Waals surface area contributed by atoms with Gasteiger partial charge in [0, 0.05) is 16.1 Å². The van der Waals surface area contributed by atoms with Crippen LogP contribution in [0.2, 0.25) is 5.02 Å². The third-order valence-corrected chi connectivity index (χ3v) is 4.42. The first-order valence-corrected chi connectivity index (χ1v) is 9.16. The Labute approximate surface area is 164 Å². The van der Waals surface area contributed by atoms with Crippen LogP contribution in [0.4, 0.5) is 16.3 Å². The predicted molar refractivity (Wildman–Crippen MR) is 110 cm³/mol. The second-order valence-corrected chi connectivity index (χ2v) is 8.00. The van der Waals surface area contributed by atoms with Crippen LogP contribution in [0, 0.1) is 6.92 Å². The van der Waals surface area contributed by atoms with Crippen LogP contribution in [0.3, 0.4) is 0 Å². The normalized spacial score (nSPS) is 11.3. The van der Waals surface area contributed by atoms with Crippen LogP contribution in [0.1, 0.15) is 32.0 Å². The maximum Gasteiger partial charge on any atom is 0.411 e. The van der Waals surface area contributed by atoms with Gasteiger partial charge >= 0.3 is 11.8 Å². The van der Waals surface area contributed by atoms with Crippen LogP contribution < -0.4 is 15.3 Å². The van der Waals surface area contributed by atoms with Crippen LogP contribution in [0.15, 0.2) is 54.6 Å². The minimum Gasteiger partial charge on any atom is -0.288 e. The van der Waals surface area contributed by atoms with E-state index in [4.69, 9.17) is 11.6 Å². The molecule has 1 aromatic heterocycles. The highest BCUT2D eigenvalue weighted by molar-refractivity contribution is 6.30. The van der Waals surface area contributed by atoms with Crippen molar-refractivity contribution in [2.24, 2.45) is 0 Å². The standard InChI is InChI=1S/C21H23ClN4O/c1-14-6-5-7-17(12-14)26-19(13-18(25-26)21(2,3)4)24-20(27)23-16-10-8-15(22)9-11-16/h5-13H,1-4H3,(H2,23,24,25,27)/p+1. The zero-order chi connectivity index (χ0) is 19.6. The molecule has 27 heavy (non-hydrogen) atoms. The molecule has 6 heteroatoms. The molecule has 0 aliphatic carbocycles. The molecule has 0 atom stereocenters. The Kier molecular flexibility index (Phi) is 5.24. The largest absolute Gasteiger partial charge is 0.411 e. The molecule has 2 aromatic carbocycles. The summed E-state index contributed by atoms with van der Waals surface area (Å²) in [4.78, 5) is 12.5. The van der Waals surface area contributed by atoms with Crippen LogP contribution in [-0.2, 0) is 5.41 Å². The first-order chi connectivity index (χ1) is 12.7. The molecule has 3 rings (SSSR count). The quantitative estimate of drug-likeness (QED) is 0.535. The summed E-state index contributed by atoms with van der Waals surface area (Å²) in [5, 5.41) is 9.77. The van der Waals surface area contributed by atoms with Gasteiger partial charge in [-0.15, -0.1) is 4.68 Å². The van der Waals surface area contributed by atoms with Crippen molar-refractivity contribution >= 4 is 29.1 Å². The van der Waals surface area contributed by atoms with Crippen molar-refractivity contribution in [2.45, 2.75) is 33.1 Å². The minimum atomic E-state index is -0.321. The van der Waals surface area contributed by atoms with Crippen molar-refractivity contribution in [1.82, 2.24) is 5.10 Å². The molecule has 2 amide bonds. The lowest BCUT2D eigenvalue weighted by Gasteiger charge is -2.14. The van der Waals surface area contributed by atoms with Gasteiger partial charge in [-0.2, -0.15) is 5.32 Å². The molecule has 0 bridgehead atoms. The number of aryl methyl sites for hydroxylation is 1. The molecule has 0 radical (unpaired) electrons. The number of H-pyrrole nitrogens is 1. The molecular weight excluding hydrogens is 360 g/mol. The Morgan fingerprint density at radius 1 is 1.04 bits per heavy atom. The summed E-state index contributed by atoms with van der Waals surface area (Å²) in [6.45, 7) is 8.41. The van der Waals surface area contributed by atoms with E-state index < -0.39 is 0 Å². The van der Waals surface area contributed by atoms with Crippen molar-refractivity contribution in [1.29, 1.82) is 0 Å². The highest BCUT2D eigenvalue weighted by Gasteiger charge is 2.25. The monoisotopic (exact) mass is 383 g/mol. The number of carbonyl (C=O) groups is 1. The van der Waals surface area contributed by atoms with Crippen molar-refractivity contribution in [3.8, 4) is 5.69 Å². The molecule has 3 N–H and O–H groups in total. The Bertz CT molecular complexity index is 955. The van der Waals surface area contributed by atoms with Gasteiger partial charge in [-0.1, -0.05) is 44.5 Å². The number of aromatic nitrogens is 2. The first kappa shape index (κ1) is 19.0. The molecule has 0 spiro atoms. The lowest BCUT2D eigenvalue weighted by Crippen LogP contribution is -2.38. The van der Waals surface area contributed by atoms with Gasteiger partial charge < -0.3 is 0 Å². The van der Waals surface area contributed by atoms with Gasteiger partial charge in [0.1, 0.15) is 0 Å². The predicted octanol–water partition coefficient (Wildman–Crippen LogP) is 5.19. The molecule has 0 aliphatic rings. The lowest BCUT2D eigenvalue weighted by atomic mass is 9.92. The summed E-state index contributed by atoms with van der Waals surface area (Å²) in [6, 6.07) is 16.7. The third kappa shape index (κ3) is 4.68. The van der Waals surface area contributed by atoms with Gasteiger partial charge in [0.15, 0.2) is 5.69 Å². The van der Waals surface area contributed by atoms with E-state index in [-0.39, 0.29) is 11.4 Å². The van der Waals surface area contributed by atoms with Crippen LogP contribution in [0.25, 0.3) is 5.69 Å². The van der Waals surface area contributed by atoms with Crippen LogP contribution in [-0.4, -0.2) is 11.1 Å². The summed E-state index contributed by atoms with van der Waals surface area (Å²) in [5.41, 5.74) is 3.70. The highest BCUT2D eigenvalue weighted by Crippen LogP contribution is 2.23. The minimum absolute atomic E-state index is 0.0852. The fourth-order valence-corrected chi connectivity index (χ4v) is 2.80. The summed E-state index contributed by atoms with van der Waals surface area (Å²) in [7, 11) is 0. The average molecular weight is 384 g/mol. The topological polar surface area (TPSA) is 60.8 Å². The number of rotatable bonds is 3. The first-order valence-electron chi connectivity index (χ1n) is 8.78. The molecule has 0 saturated heterocycles. The molecule has 3 aromatic rings. The molecule has 0 saturated carbocycles. The summed E-state index contributed by atoms with van der Waals surface area (Å²) < 4.78 is 1.88. The molecule has 1 heterocycles. The summed E-state index contributed by atoms with van der Waals surface area (Å²) >= 11 is 5.89. The maximum atomic E-state index is 12.5. The zero-order valence-electron chi connectivity index (χ0n) is 15.9. The molecule has 0 aliphatic heterocycles. The van der Waals surface area contributed by atoms with E-state index in [2.05, 4.69) is 42.6 Å². The number of nitrogens with zero attached hydrogens (tertiary/aromatic N) is 1. The number of aromatic amines is 1. The summed E-state index contributed by atoms with van der Waals surface area (Å²) in [6.07, 6.45) is 0. The number of benzene rings is 2. The SMILES string of the molecule is Cc1cccc(-[n+]2[nH]c(C(C)(C)C)cc2NC(=O)Nc2ccc(Cl)cc2)c1. The average Bonchev–Trinajstić information content (AvgIpc) is 3.01. The number of hydrogen-bond acceptors (Lipinski definition) is 1. The maximum absolute atomic E-state index is 12.5. The van der Waals surface area contributed by atoms with Crippen molar-refractivity contribution in [2.75, 3.05) is 10.6 Å². The van der Waals surface area contributed by atoms with Crippen molar-refractivity contribution in [3.05, 3.63) is 70.9 Å². The molecule has 0 fully saturated rings. The van der Waals surface area contributed by atoms with Gasteiger partial charge in [-0.3, -0.25) is 5.32 Å². The number of halogens is 1. The van der Waals surface area contributed by atoms with Crippen LogP contribution in [0.5, 0.6) is 0 Å². The lowest BCUT2D eigenvalue weighted by molar-refractivity contribution is -0.641. The second-order valence-electron chi connectivity index (χ2n) is 7.57. The molecule has 0 unspecified atom stereocenters. The Hall–Kier alpha value is -2.79. The van der Waals surface area contributed by atoms with Crippen molar-refractivity contribution in [3.63, 3.8) is 0 Å². The fraction of sp³-hybridized carbons (Fsp3) is 0.238. The molecule has 5 nitrogen and oxygen atoms in total. The summed E-state index contributed by atoms with van der Waals surface area (Å²) in [5.74, 6) is 0.664. The smallest absolute Gasteiger partial charge is 0.288 e. The van der Waals surface area contributed by atoms with Crippen LogP contribution >= 0.6 is 11.6 Å². The van der Waals surface area contributed by atoms with Gasteiger partial charge in [-0.05, 0) is 48.9 Å². The number of nitrogens with one attached hydrogen (secondary N) is 3. The number of carbonyl (C=O) groups excluding carboxylic acids is 1. The van der Waals surface area contributed by atoms with Gasteiger partial charge in [0.05, 0.1) is 11.8 Å². The zero-order valence-corrected chi connectivity index (χ0v) is 16.7. The second kappa shape index (κ2) is 7.45. The van der Waals surface area contributed by atoms with E-state index in [9.17, 15) is 4.79 Å². The van der Waals surface area contributed by atoms with Gasteiger partial charge in [0.25, 0.3) is 0 Å². The Morgan fingerprint density at radius 2 is 1.74 bits per heavy atom. The number of hydrogen-bond donors (Lipinski definition) is 3. The highest BCUT2D eigenvalue weighted by atomic mass is 35.5.